The monoisotopic (exact) mass is 419 g/mol. The number of rotatable bonds is 2. The van der Waals surface area contributed by atoms with Crippen LogP contribution < -0.4 is 5.43 Å². The molecular formula is C17H14Cl2F3N3O2. The van der Waals surface area contributed by atoms with Crippen LogP contribution in [0.5, 0.6) is 0 Å². The maximum atomic E-state index is 13.9. The summed E-state index contributed by atoms with van der Waals surface area (Å²) in [4.78, 5) is 29.0. The van der Waals surface area contributed by atoms with E-state index in [-0.39, 0.29) is 15.9 Å². The lowest BCUT2D eigenvalue weighted by Gasteiger charge is -2.35. The van der Waals surface area contributed by atoms with E-state index in [1.807, 2.05) is 0 Å². The van der Waals surface area contributed by atoms with E-state index in [4.69, 9.17) is 23.2 Å². The molecule has 0 saturated carbocycles. The first-order valence-corrected chi connectivity index (χ1v) is 8.29. The van der Waals surface area contributed by atoms with E-state index < -0.39 is 40.4 Å². The number of halogens is 5. The first-order chi connectivity index (χ1) is 12.4. The molecule has 0 saturated heterocycles. The van der Waals surface area contributed by atoms with Crippen molar-refractivity contribution in [2.24, 2.45) is 0 Å². The van der Waals surface area contributed by atoms with E-state index in [0.29, 0.717) is 12.1 Å². The third-order valence-electron chi connectivity index (χ3n) is 3.34. The standard InChI is InChI=1S/C17H14Cl2F3N3O2/c1-17(2,3)25(16(27)14-9(18)4-5-12(19)23-14)24-15(26)13-10(21)6-8(20)7-11(13)22/h4-7H,1-3H3,(H,24,26). The van der Waals surface area contributed by atoms with Crippen molar-refractivity contribution in [3.8, 4) is 0 Å². The molecule has 144 valence electrons. The summed E-state index contributed by atoms with van der Waals surface area (Å²) in [5, 5.41) is 0.757. The van der Waals surface area contributed by atoms with E-state index in [0.717, 1.165) is 5.01 Å². The lowest BCUT2D eigenvalue weighted by atomic mass is 10.1. The molecule has 0 radical (unpaired) electrons. The first-order valence-electron chi connectivity index (χ1n) is 7.54. The molecule has 2 rings (SSSR count). The zero-order valence-electron chi connectivity index (χ0n) is 14.4. The topological polar surface area (TPSA) is 62.3 Å². The molecule has 0 aliphatic heterocycles. The Bertz CT molecular complexity index is 894. The number of amides is 2. The SMILES string of the molecule is CC(C)(C)N(NC(=O)c1c(F)cc(F)cc1F)C(=O)c1nc(Cl)ccc1Cl. The number of pyridine rings is 1. The van der Waals surface area contributed by atoms with Crippen molar-refractivity contribution >= 4 is 35.0 Å². The highest BCUT2D eigenvalue weighted by atomic mass is 35.5. The molecule has 2 amide bonds. The van der Waals surface area contributed by atoms with Crippen LogP contribution in [-0.4, -0.2) is 27.3 Å². The predicted molar refractivity (Wildman–Crippen MR) is 94.0 cm³/mol. The van der Waals surface area contributed by atoms with Crippen LogP contribution in [0.15, 0.2) is 24.3 Å². The summed E-state index contributed by atoms with van der Waals surface area (Å²) in [6.07, 6.45) is 0. The smallest absolute Gasteiger partial charge is 0.267 e. The van der Waals surface area contributed by atoms with Crippen LogP contribution in [0, 0.1) is 17.5 Å². The van der Waals surface area contributed by atoms with Crippen LogP contribution in [0.1, 0.15) is 41.6 Å². The second-order valence-electron chi connectivity index (χ2n) is 6.46. The summed E-state index contributed by atoms with van der Waals surface area (Å²) in [5.41, 5.74) is -0.217. The second-order valence-corrected chi connectivity index (χ2v) is 7.26. The number of aromatic nitrogens is 1. The molecule has 0 unspecified atom stereocenters. The van der Waals surface area contributed by atoms with Gasteiger partial charge < -0.3 is 0 Å². The van der Waals surface area contributed by atoms with Gasteiger partial charge in [0, 0.05) is 12.1 Å². The van der Waals surface area contributed by atoms with Gasteiger partial charge in [0.2, 0.25) is 0 Å². The van der Waals surface area contributed by atoms with Crippen LogP contribution in [0.25, 0.3) is 0 Å². The Kier molecular flexibility index (Phi) is 6.01. The minimum absolute atomic E-state index is 0.0152. The lowest BCUT2D eigenvalue weighted by molar-refractivity contribution is 0.0350. The minimum atomic E-state index is -1.41. The van der Waals surface area contributed by atoms with E-state index in [1.165, 1.54) is 12.1 Å². The molecule has 27 heavy (non-hydrogen) atoms. The van der Waals surface area contributed by atoms with E-state index in [9.17, 15) is 22.8 Å². The highest BCUT2D eigenvalue weighted by molar-refractivity contribution is 6.34. The summed E-state index contributed by atoms with van der Waals surface area (Å²) in [6, 6.07) is 3.42. The molecule has 0 aliphatic rings. The first kappa shape index (κ1) is 21.0. The molecule has 0 spiro atoms. The average Bonchev–Trinajstić information content (AvgIpc) is 2.52. The Morgan fingerprint density at radius 1 is 1.07 bits per heavy atom. The van der Waals surface area contributed by atoms with Crippen LogP contribution in [0.4, 0.5) is 13.2 Å². The molecule has 1 heterocycles. The van der Waals surface area contributed by atoms with Gasteiger partial charge in [0.05, 0.1) is 10.6 Å². The van der Waals surface area contributed by atoms with Gasteiger partial charge in [-0.05, 0) is 32.9 Å². The zero-order chi connectivity index (χ0) is 20.5. The van der Waals surface area contributed by atoms with Gasteiger partial charge >= 0.3 is 0 Å². The molecule has 1 N–H and O–H groups in total. The molecule has 10 heteroatoms. The van der Waals surface area contributed by atoms with Crippen LogP contribution in [0.3, 0.4) is 0 Å². The Labute approximate surface area is 163 Å². The van der Waals surface area contributed by atoms with E-state index in [1.54, 1.807) is 20.8 Å². The maximum absolute atomic E-state index is 13.9. The Morgan fingerprint density at radius 3 is 2.15 bits per heavy atom. The van der Waals surface area contributed by atoms with Gasteiger partial charge in [-0.3, -0.25) is 15.0 Å². The third-order valence-corrected chi connectivity index (χ3v) is 3.85. The number of carbonyl (C=O) groups excluding carboxylic acids is 2. The van der Waals surface area contributed by atoms with Crippen LogP contribution >= 0.6 is 23.2 Å². The number of hydrogen-bond acceptors (Lipinski definition) is 3. The fourth-order valence-electron chi connectivity index (χ4n) is 2.11. The summed E-state index contributed by atoms with van der Waals surface area (Å²) in [5.74, 6) is -6.15. The molecule has 0 aliphatic carbocycles. The van der Waals surface area contributed by atoms with Gasteiger partial charge in [-0.1, -0.05) is 23.2 Å². The highest BCUT2D eigenvalue weighted by Crippen LogP contribution is 2.22. The second kappa shape index (κ2) is 7.74. The Morgan fingerprint density at radius 2 is 1.63 bits per heavy atom. The van der Waals surface area contributed by atoms with E-state index >= 15 is 0 Å². The van der Waals surface area contributed by atoms with Crippen molar-refractivity contribution in [3.63, 3.8) is 0 Å². The van der Waals surface area contributed by atoms with Crippen molar-refractivity contribution in [1.82, 2.24) is 15.4 Å². The van der Waals surface area contributed by atoms with Crippen molar-refractivity contribution in [1.29, 1.82) is 0 Å². The highest BCUT2D eigenvalue weighted by Gasteiger charge is 2.33. The maximum Gasteiger partial charge on any atom is 0.292 e. The van der Waals surface area contributed by atoms with Crippen LogP contribution in [-0.2, 0) is 0 Å². The van der Waals surface area contributed by atoms with Gasteiger partial charge in [0.1, 0.15) is 33.9 Å². The summed E-state index contributed by atoms with van der Waals surface area (Å²) in [7, 11) is 0. The molecular weight excluding hydrogens is 406 g/mol. The molecule has 1 aromatic heterocycles. The fraction of sp³-hybridized carbons (Fsp3) is 0.235. The lowest BCUT2D eigenvalue weighted by Crippen LogP contribution is -2.56. The normalized spacial score (nSPS) is 11.3. The van der Waals surface area contributed by atoms with E-state index in [2.05, 4.69) is 10.4 Å². The Balaban J connectivity index is 2.43. The van der Waals surface area contributed by atoms with Gasteiger partial charge in [-0.2, -0.15) is 0 Å². The zero-order valence-corrected chi connectivity index (χ0v) is 15.9. The van der Waals surface area contributed by atoms with Crippen molar-refractivity contribution < 1.29 is 22.8 Å². The predicted octanol–water partition coefficient (Wildman–Crippen LogP) is 4.39. The van der Waals surface area contributed by atoms with Gasteiger partial charge in [0.15, 0.2) is 0 Å². The molecule has 5 nitrogen and oxygen atoms in total. The van der Waals surface area contributed by atoms with Crippen LogP contribution in [0.2, 0.25) is 10.2 Å². The number of hydrogen-bond donors (Lipinski definition) is 1. The quantitative estimate of drug-likeness (QED) is 0.579. The summed E-state index contributed by atoms with van der Waals surface area (Å²) < 4.78 is 40.8. The van der Waals surface area contributed by atoms with Gasteiger partial charge in [0.25, 0.3) is 11.8 Å². The van der Waals surface area contributed by atoms with Crippen molar-refractivity contribution in [2.75, 3.05) is 0 Å². The van der Waals surface area contributed by atoms with Crippen molar-refractivity contribution in [3.05, 3.63) is 63.2 Å². The average molecular weight is 420 g/mol. The minimum Gasteiger partial charge on any atom is -0.267 e. The third kappa shape index (κ3) is 4.70. The summed E-state index contributed by atoms with van der Waals surface area (Å²) in [6.45, 7) is 4.67. The number of nitrogens with one attached hydrogen (secondary N) is 1. The molecule has 1 aromatic carbocycles. The number of benzene rings is 1. The molecule has 0 bridgehead atoms. The molecule has 0 atom stereocenters. The molecule has 2 aromatic rings. The fourth-order valence-corrected chi connectivity index (χ4v) is 2.45. The largest absolute Gasteiger partial charge is 0.292 e. The van der Waals surface area contributed by atoms with Crippen molar-refractivity contribution in [2.45, 2.75) is 26.3 Å². The Hall–Kier alpha value is -2.32. The number of nitrogens with zero attached hydrogens (tertiary/aromatic N) is 2. The van der Waals surface area contributed by atoms with Gasteiger partial charge in [-0.25, -0.2) is 23.2 Å². The summed E-state index contributed by atoms with van der Waals surface area (Å²) >= 11 is 11.7. The number of carbonyl (C=O) groups is 2. The van der Waals surface area contributed by atoms with Gasteiger partial charge in [-0.15, -0.1) is 0 Å². The molecule has 0 fully saturated rings. The number of hydrazine groups is 1.